The first-order valence-corrected chi connectivity index (χ1v) is 13.2. The van der Waals surface area contributed by atoms with E-state index in [1.54, 1.807) is 23.0 Å². The van der Waals surface area contributed by atoms with E-state index in [2.05, 4.69) is 56.4 Å². The van der Waals surface area contributed by atoms with Gasteiger partial charge in [0.25, 0.3) is 5.56 Å². The van der Waals surface area contributed by atoms with Crippen LogP contribution in [-0.2, 0) is 19.6 Å². The van der Waals surface area contributed by atoms with Crippen molar-refractivity contribution in [2.24, 2.45) is 0 Å². The van der Waals surface area contributed by atoms with E-state index in [9.17, 15) is 9.18 Å². The van der Waals surface area contributed by atoms with Crippen molar-refractivity contribution in [3.05, 3.63) is 117 Å². The van der Waals surface area contributed by atoms with Gasteiger partial charge in [-0.15, -0.1) is 5.10 Å². The number of H-pyrrole nitrogens is 1. The van der Waals surface area contributed by atoms with Crippen LogP contribution in [0.1, 0.15) is 59.4 Å². The summed E-state index contributed by atoms with van der Waals surface area (Å²) in [7, 11) is 0. The summed E-state index contributed by atoms with van der Waals surface area (Å²) in [5, 5.41) is 13.7. The molecule has 1 N–H and O–H groups in total. The van der Waals surface area contributed by atoms with Crippen LogP contribution in [0.5, 0.6) is 0 Å². The molecule has 0 spiro atoms. The molecule has 0 saturated heterocycles. The van der Waals surface area contributed by atoms with Crippen LogP contribution in [0.4, 0.5) is 4.39 Å². The van der Waals surface area contributed by atoms with E-state index in [1.165, 1.54) is 12.1 Å². The van der Waals surface area contributed by atoms with Gasteiger partial charge < -0.3 is 4.98 Å². The van der Waals surface area contributed by atoms with Gasteiger partial charge in [-0.3, -0.25) is 14.7 Å². The van der Waals surface area contributed by atoms with E-state index >= 15 is 0 Å². The highest BCUT2D eigenvalue weighted by molar-refractivity contribution is 5.82. The highest BCUT2D eigenvalue weighted by atomic mass is 19.1. The summed E-state index contributed by atoms with van der Waals surface area (Å²) in [4.78, 5) is 22.9. The molecule has 0 saturated carbocycles. The Morgan fingerprint density at radius 1 is 1.05 bits per heavy atom. The molecule has 200 valence electrons. The highest BCUT2D eigenvalue weighted by Gasteiger charge is 2.27. The summed E-state index contributed by atoms with van der Waals surface area (Å²) in [5.74, 6) is 0.419. The van der Waals surface area contributed by atoms with Crippen molar-refractivity contribution in [3.8, 4) is 0 Å². The fraction of sp³-hybridized carbons (Fsp3) is 0.300. The maximum absolute atomic E-state index is 13.5. The van der Waals surface area contributed by atoms with Crippen LogP contribution in [0.15, 0.2) is 71.8 Å². The molecular formula is C30H32FN7O. The van der Waals surface area contributed by atoms with Gasteiger partial charge in [-0.2, -0.15) is 0 Å². The molecule has 0 unspecified atom stereocenters. The van der Waals surface area contributed by atoms with Crippen LogP contribution in [0.25, 0.3) is 10.9 Å². The molecule has 0 bridgehead atoms. The predicted octanol–water partition coefficient (Wildman–Crippen LogP) is 5.26. The summed E-state index contributed by atoms with van der Waals surface area (Å²) < 4.78 is 15.2. The molecule has 5 rings (SSSR count). The van der Waals surface area contributed by atoms with Gasteiger partial charge in [-0.25, -0.2) is 9.07 Å². The SMILES string of the molecule is CCC[C@@H](c1nnnn1Cc1ccc(F)cc1)N(Cc1cccnc1)Cc1cc2cc(C)cc(C)c2[nH]c1=O. The first-order valence-electron chi connectivity index (χ1n) is 13.2. The Balaban J connectivity index is 1.54. The molecule has 8 nitrogen and oxygen atoms in total. The summed E-state index contributed by atoms with van der Waals surface area (Å²) in [6.07, 6.45) is 5.27. The molecular weight excluding hydrogens is 493 g/mol. The fourth-order valence-corrected chi connectivity index (χ4v) is 5.14. The number of rotatable bonds is 10. The largest absolute Gasteiger partial charge is 0.321 e. The lowest BCUT2D eigenvalue weighted by Gasteiger charge is -2.31. The molecule has 1 atom stereocenters. The van der Waals surface area contributed by atoms with Crippen LogP contribution in [0.2, 0.25) is 0 Å². The molecule has 39 heavy (non-hydrogen) atoms. The monoisotopic (exact) mass is 525 g/mol. The van der Waals surface area contributed by atoms with Gasteiger partial charge in [0.1, 0.15) is 5.82 Å². The first-order chi connectivity index (χ1) is 18.9. The minimum Gasteiger partial charge on any atom is -0.321 e. The van der Waals surface area contributed by atoms with Gasteiger partial charge >= 0.3 is 0 Å². The fourth-order valence-electron chi connectivity index (χ4n) is 5.14. The zero-order chi connectivity index (χ0) is 27.4. The van der Waals surface area contributed by atoms with Crippen molar-refractivity contribution in [3.63, 3.8) is 0 Å². The zero-order valence-electron chi connectivity index (χ0n) is 22.4. The second-order valence-electron chi connectivity index (χ2n) is 10.1. The smallest absolute Gasteiger partial charge is 0.252 e. The third-order valence-electron chi connectivity index (χ3n) is 6.96. The number of hydrogen-bond acceptors (Lipinski definition) is 6. The molecule has 0 aliphatic rings. The molecule has 5 aromatic rings. The summed E-state index contributed by atoms with van der Waals surface area (Å²) >= 11 is 0. The number of hydrogen-bond donors (Lipinski definition) is 1. The van der Waals surface area contributed by atoms with Crippen molar-refractivity contribution >= 4 is 10.9 Å². The standard InChI is InChI=1S/C30H32FN7O/c1-4-6-27(29-34-35-36-38(29)18-22-8-10-26(31)11-9-22)37(17-23-7-5-12-32-16-23)19-25-15-24-14-20(2)13-21(3)28(24)33-30(25)39/h5,7-16,27H,4,6,17-19H2,1-3H3,(H,33,39)/t27-/m0/s1. The van der Waals surface area contributed by atoms with E-state index < -0.39 is 0 Å². The number of aromatic nitrogens is 6. The molecule has 3 aromatic heterocycles. The van der Waals surface area contributed by atoms with Crippen LogP contribution in [0, 0.1) is 19.7 Å². The number of aromatic amines is 1. The predicted molar refractivity (Wildman–Crippen MR) is 148 cm³/mol. The second-order valence-corrected chi connectivity index (χ2v) is 10.1. The van der Waals surface area contributed by atoms with Crippen LogP contribution >= 0.6 is 0 Å². The maximum atomic E-state index is 13.5. The summed E-state index contributed by atoms with van der Waals surface area (Å²) in [6.45, 7) is 7.58. The van der Waals surface area contributed by atoms with E-state index in [-0.39, 0.29) is 17.4 Å². The molecule has 0 radical (unpaired) electrons. The molecule has 9 heteroatoms. The van der Waals surface area contributed by atoms with Crippen LogP contribution < -0.4 is 5.56 Å². The maximum Gasteiger partial charge on any atom is 0.252 e. The lowest BCUT2D eigenvalue weighted by atomic mass is 10.0. The number of halogens is 1. The Labute approximate surface area is 226 Å². The Hall–Kier alpha value is -4.24. The van der Waals surface area contributed by atoms with Gasteiger partial charge in [0.05, 0.1) is 18.1 Å². The highest BCUT2D eigenvalue weighted by Crippen LogP contribution is 2.28. The molecule has 3 heterocycles. The van der Waals surface area contributed by atoms with Gasteiger partial charge in [-0.1, -0.05) is 43.2 Å². The van der Waals surface area contributed by atoms with Gasteiger partial charge in [0.15, 0.2) is 5.82 Å². The normalized spacial score (nSPS) is 12.3. The van der Waals surface area contributed by atoms with E-state index in [0.717, 1.165) is 46.0 Å². The first kappa shape index (κ1) is 26.4. The van der Waals surface area contributed by atoms with Crippen molar-refractivity contribution in [2.45, 2.75) is 59.3 Å². The number of tetrazole rings is 1. The topological polar surface area (TPSA) is 92.6 Å². The number of fused-ring (bicyclic) bond motifs is 1. The average molecular weight is 526 g/mol. The Morgan fingerprint density at radius 3 is 2.62 bits per heavy atom. The zero-order valence-corrected chi connectivity index (χ0v) is 22.4. The number of aryl methyl sites for hydroxylation is 2. The molecule has 0 aliphatic heterocycles. The van der Waals surface area contributed by atoms with Crippen LogP contribution in [0.3, 0.4) is 0 Å². The van der Waals surface area contributed by atoms with E-state index in [4.69, 9.17) is 0 Å². The van der Waals surface area contributed by atoms with Crippen molar-refractivity contribution in [1.82, 2.24) is 35.1 Å². The number of nitrogens with one attached hydrogen (secondary N) is 1. The number of benzene rings is 2. The molecule has 0 fully saturated rings. The van der Waals surface area contributed by atoms with Gasteiger partial charge in [0.2, 0.25) is 0 Å². The minimum atomic E-state index is -0.284. The summed E-state index contributed by atoms with van der Waals surface area (Å²) in [6, 6.07) is 16.3. The van der Waals surface area contributed by atoms with Crippen molar-refractivity contribution < 1.29 is 4.39 Å². The quantitative estimate of drug-likeness (QED) is 0.268. The van der Waals surface area contributed by atoms with Crippen molar-refractivity contribution in [1.29, 1.82) is 0 Å². The van der Waals surface area contributed by atoms with Crippen molar-refractivity contribution in [2.75, 3.05) is 0 Å². The van der Waals surface area contributed by atoms with Gasteiger partial charge in [0, 0.05) is 31.0 Å². The molecule has 0 aliphatic carbocycles. The Bertz CT molecular complexity index is 1610. The van der Waals surface area contributed by atoms with Crippen LogP contribution in [-0.4, -0.2) is 35.1 Å². The van der Waals surface area contributed by atoms with Gasteiger partial charge in [-0.05, 0) is 83.1 Å². The third-order valence-corrected chi connectivity index (χ3v) is 6.96. The van der Waals surface area contributed by atoms with E-state index in [1.807, 2.05) is 31.3 Å². The Morgan fingerprint density at radius 2 is 1.87 bits per heavy atom. The number of nitrogens with zero attached hydrogens (tertiary/aromatic N) is 6. The lowest BCUT2D eigenvalue weighted by Crippen LogP contribution is -2.32. The molecule has 0 amide bonds. The second kappa shape index (κ2) is 11.7. The average Bonchev–Trinajstić information content (AvgIpc) is 3.37. The Kier molecular flexibility index (Phi) is 7.88. The number of pyridine rings is 2. The minimum absolute atomic E-state index is 0.105. The molecule has 2 aromatic carbocycles. The lowest BCUT2D eigenvalue weighted by molar-refractivity contribution is 0.156. The third kappa shape index (κ3) is 6.09. The van der Waals surface area contributed by atoms with E-state index in [0.29, 0.717) is 31.0 Å². The summed E-state index contributed by atoms with van der Waals surface area (Å²) in [5.41, 5.74) is 5.55.